The zero-order valence-corrected chi connectivity index (χ0v) is 19.1. The fourth-order valence-electron chi connectivity index (χ4n) is 3.80. The Labute approximate surface area is 204 Å². The molecule has 0 aromatic heterocycles. The molecule has 8 heteroatoms. The lowest BCUT2D eigenvalue weighted by atomic mass is 10.1. The molecule has 3 amide bonds. The fourth-order valence-corrected chi connectivity index (χ4v) is 4.86. The van der Waals surface area contributed by atoms with E-state index in [1.165, 1.54) is 11.8 Å². The second-order valence-electron chi connectivity index (χ2n) is 7.86. The zero-order chi connectivity index (χ0) is 24.4. The number of anilines is 3. The van der Waals surface area contributed by atoms with Crippen molar-refractivity contribution in [1.82, 2.24) is 0 Å². The molecule has 0 saturated carbocycles. The lowest BCUT2D eigenvalue weighted by Gasteiger charge is -2.24. The van der Waals surface area contributed by atoms with Crippen LogP contribution in [-0.4, -0.2) is 11.9 Å². The molecule has 0 aliphatic carbocycles. The van der Waals surface area contributed by atoms with Crippen molar-refractivity contribution >= 4 is 40.8 Å². The Morgan fingerprint density at radius 1 is 0.829 bits per heavy atom. The normalized spacial score (nSPS) is 12.4. The SMILES string of the molecule is O=C(Nc1ccc2c(c1)N(Cc1ccccc1)C(=O)c1ccccc1S2)Nc1ccc(F)cc1F. The Kier molecular flexibility index (Phi) is 6.20. The highest BCUT2D eigenvalue weighted by molar-refractivity contribution is 7.99. The Morgan fingerprint density at radius 2 is 1.60 bits per heavy atom. The maximum absolute atomic E-state index is 13.9. The molecule has 1 aliphatic rings. The molecule has 0 spiro atoms. The number of fused-ring (bicyclic) bond motifs is 2. The van der Waals surface area contributed by atoms with Gasteiger partial charge in [-0.15, -0.1) is 0 Å². The summed E-state index contributed by atoms with van der Waals surface area (Å²) in [6.07, 6.45) is 0. The quantitative estimate of drug-likeness (QED) is 0.328. The van der Waals surface area contributed by atoms with Crippen molar-refractivity contribution in [2.24, 2.45) is 0 Å². The van der Waals surface area contributed by atoms with Crippen molar-refractivity contribution < 1.29 is 18.4 Å². The number of amides is 3. The predicted octanol–water partition coefficient (Wildman–Crippen LogP) is 6.92. The van der Waals surface area contributed by atoms with Gasteiger partial charge in [0.1, 0.15) is 11.6 Å². The molecule has 0 radical (unpaired) electrons. The van der Waals surface area contributed by atoms with Crippen molar-refractivity contribution in [1.29, 1.82) is 0 Å². The van der Waals surface area contributed by atoms with E-state index in [1.54, 1.807) is 23.1 Å². The lowest BCUT2D eigenvalue weighted by molar-refractivity contribution is 0.0982. The highest BCUT2D eigenvalue weighted by Crippen LogP contribution is 2.43. The number of hydrogen-bond donors (Lipinski definition) is 2. The van der Waals surface area contributed by atoms with Crippen LogP contribution < -0.4 is 15.5 Å². The van der Waals surface area contributed by atoms with E-state index in [1.807, 2.05) is 54.6 Å². The summed E-state index contributed by atoms with van der Waals surface area (Å²) in [7, 11) is 0. The first-order valence-corrected chi connectivity index (χ1v) is 11.6. The van der Waals surface area contributed by atoms with Gasteiger partial charge in [-0.05, 0) is 48.0 Å². The smallest absolute Gasteiger partial charge is 0.308 e. The first-order valence-electron chi connectivity index (χ1n) is 10.8. The number of carbonyl (C=O) groups is 2. The number of halogens is 2. The maximum Gasteiger partial charge on any atom is 0.323 e. The Morgan fingerprint density at radius 3 is 2.40 bits per heavy atom. The molecular formula is C27H19F2N3O2S. The van der Waals surface area contributed by atoms with Crippen molar-refractivity contribution in [2.75, 3.05) is 15.5 Å². The summed E-state index contributed by atoms with van der Waals surface area (Å²) < 4.78 is 27.1. The molecule has 1 aliphatic heterocycles. The number of hydrogen-bond acceptors (Lipinski definition) is 3. The molecule has 0 bridgehead atoms. The molecule has 1 heterocycles. The van der Waals surface area contributed by atoms with Gasteiger partial charge in [-0.1, -0.05) is 54.2 Å². The van der Waals surface area contributed by atoms with Gasteiger partial charge in [-0.3, -0.25) is 4.79 Å². The van der Waals surface area contributed by atoms with Gasteiger partial charge in [0.25, 0.3) is 5.91 Å². The van der Waals surface area contributed by atoms with E-state index in [4.69, 9.17) is 0 Å². The minimum absolute atomic E-state index is 0.148. The van der Waals surface area contributed by atoms with E-state index in [0.717, 1.165) is 27.5 Å². The summed E-state index contributed by atoms with van der Waals surface area (Å²) in [6.45, 7) is 0.345. The molecule has 0 unspecified atom stereocenters. The minimum atomic E-state index is -0.879. The average molecular weight is 488 g/mol. The van der Waals surface area contributed by atoms with Gasteiger partial charge >= 0.3 is 6.03 Å². The summed E-state index contributed by atoms with van der Waals surface area (Å²) in [4.78, 5) is 29.5. The third-order valence-corrected chi connectivity index (χ3v) is 6.59. The predicted molar refractivity (Wildman–Crippen MR) is 133 cm³/mol. The van der Waals surface area contributed by atoms with Crippen LogP contribution in [0.2, 0.25) is 0 Å². The van der Waals surface area contributed by atoms with Gasteiger partial charge in [-0.25, -0.2) is 13.6 Å². The second kappa shape index (κ2) is 9.60. The van der Waals surface area contributed by atoms with Crippen molar-refractivity contribution in [3.63, 3.8) is 0 Å². The van der Waals surface area contributed by atoms with Gasteiger partial charge in [0.15, 0.2) is 0 Å². The standard InChI is InChI=1S/C27H19F2N3O2S/c28-18-10-12-22(21(29)14-18)31-27(34)30-19-11-13-25-23(15-19)32(16-17-6-2-1-3-7-17)26(33)20-8-4-5-9-24(20)35-25/h1-15H,16H2,(H2,30,31,34). The van der Waals surface area contributed by atoms with E-state index >= 15 is 0 Å². The van der Waals surface area contributed by atoms with Gasteiger partial charge in [0.2, 0.25) is 0 Å². The van der Waals surface area contributed by atoms with Crippen LogP contribution >= 0.6 is 11.8 Å². The maximum atomic E-state index is 13.9. The van der Waals surface area contributed by atoms with E-state index in [0.29, 0.717) is 29.5 Å². The monoisotopic (exact) mass is 487 g/mol. The summed E-state index contributed by atoms with van der Waals surface area (Å²) >= 11 is 1.48. The molecule has 0 saturated heterocycles. The van der Waals surface area contributed by atoms with E-state index in [-0.39, 0.29) is 11.6 Å². The largest absolute Gasteiger partial charge is 0.323 e. The number of benzene rings is 4. The molecule has 174 valence electrons. The van der Waals surface area contributed by atoms with Crippen molar-refractivity contribution in [3.8, 4) is 0 Å². The van der Waals surface area contributed by atoms with Gasteiger partial charge in [0, 0.05) is 21.5 Å². The third kappa shape index (κ3) is 4.88. The molecule has 4 aromatic rings. The van der Waals surface area contributed by atoms with Crippen LogP contribution in [0.4, 0.5) is 30.6 Å². The Bertz CT molecular complexity index is 1430. The van der Waals surface area contributed by atoms with E-state index in [9.17, 15) is 18.4 Å². The highest BCUT2D eigenvalue weighted by atomic mass is 32.2. The number of nitrogens with zero attached hydrogens (tertiary/aromatic N) is 1. The summed E-state index contributed by atoms with van der Waals surface area (Å²) in [5.41, 5.74) is 2.47. The Balaban J connectivity index is 1.47. The van der Waals surface area contributed by atoms with Crippen LogP contribution in [0.5, 0.6) is 0 Å². The van der Waals surface area contributed by atoms with E-state index in [2.05, 4.69) is 10.6 Å². The summed E-state index contributed by atoms with van der Waals surface area (Å²) in [5.74, 6) is -1.76. The van der Waals surface area contributed by atoms with Crippen LogP contribution in [0, 0.1) is 11.6 Å². The summed E-state index contributed by atoms with van der Waals surface area (Å²) in [6, 6.07) is 24.5. The lowest BCUT2D eigenvalue weighted by Crippen LogP contribution is -2.30. The molecule has 5 rings (SSSR count). The average Bonchev–Trinajstić information content (AvgIpc) is 2.96. The number of rotatable bonds is 4. The fraction of sp³-hybridized carbons (Fsp3) is 0.0370. The molecule has 2 N–H and O–H groups in total. The minimum Gasteiger partial charge on any atom is -0.308 e. The van der Waals surface area contributed by atoms with Crippen LogP contribution in [0.25, 0.3) is 0 Å². The molecule has 4 aromatic carbocycles. The first kappa shape index (κ1) is 22.6. The molecular weight excluding hydrogens is 468 g/mol. The van der Waals surface area contributed by atoms with Crippen LogP contribution in [-0.2, 0) is 6.54 Å². The van der Waals surface area contributed by atoms with Crippen LogP contribution in [0.1, 0.15) is 15.9 Å². The zero-order valence-electron chi connectivity index (χ0n) is 18.3. The first-order chi connectivity index (χ1) is 17.0. The van der Waals surface area contributed by atoms with E-state index < -0.39 is 17.7 Å². The third-order valence-electron chi connectivity index (χ3n) is 5.45. The van der Waals surface area contributed by atoms with Crippen molar-refractivity contribution in [2.45, 2.75) is 16.3 Å². The number of carbonyl (C=O) groups excluding carboxylic acids is 2. The number of nitrogens with one attached hydrogen (secondary N) is 2. The van der Waals surface area contributed by atoms with Gasteiger partial charge in [-0.2, -0.15) is 0 Å². The molecule has 0 fully saturated rings. The summed E-state index contributed by atoms with van der Waals surface area (Å²) in [5, 5.41) is 5.04. The van der Waals surface area contributed by atoms with Gasteiger partial charge < -0.3 is 15.5 Å². The van der Waals surface area contributed by atoms with Crippen molar-refractivity contribution in [3.05, 3.63) is 114 Å². The molecule has 0 atom stereocenters. The Hall–Kier alpha value is -4.17. The van der Waals surface area contributed by atoms with Gasteiger partial charge in [0.05, 0.1) is 23.5 Å². The van der Waals surface area contributed by atoms with Crippen LogP contribution in [0.15, 0.2) is 101 Å². The molecule has 5 nitrogen and oxygen atoms in total. The second-order valence-corrected chi connectivity index (χ2v) is 8.94. The highest BCUT2D eigenvalue weighted by Gasteiger charge is 2.27. The number of urea groups is 1. The van der Waals surface area contributed by atoms with Crippen LogP contribution in [0.3, 0.4) is 0 Å². The molecule has 35 heavy (non-hydrogen) atoms. The topological polar surface area (TPSA) is 61.4 Å².